The summed E-state index contributed by atoms with van der Waals surface area (Å²) in [4.78, 5) is 11.9. The Labute approximate surface area is 126 Å². The fourth-order valence-electron chi connectivity index (χ4n) is 2.44. The fraction of sp³-hybridized carbons (Fsp3) is 0.533. The van der Waals surface area contributed by atoms with Gasteiger partial charge >= 0.3 is 0 Å². The van der Waals surface area contributed by atoms with E-state index in [1.54, 1.807) is 6.07 Å². The lowest BCUT2D eigenvalue weighted by atomic mass is 10.1. The number of hydrogen-bond acceptors (Lipinski definition) is 4. The Hall–Kier alpha value is -1.56. The molecule has 6 heteroatoms. The van der Waals surface area contributed by atoms with Crippen LogP contribution in [0.1, 0.15) is 35.7 Å². The highest BCUT2D eigenvalue weighted by Gasteiger charge is 2.23. The maximum absolute atomic E-state index is 11.9. The Kier molecular flexibility index (Phi) is 4.88. The Morgan fingerprint density at radius 3 is 2.57 bits per heavy atom. The molecular weight excluding hydrogens is 288 g/mol. The number of amides is 1. The van der Waals surface area contributed by atoms with Gasteiger partial charge in [-0.2, -0.15) is 0 Å². The van der Waals surface area contributed by atoms with Crippen LogP contribution in [0.25, 0.3) is 0 Å². The molecule has 0 bridgehead atoms. The maximum atomic E-state index is 11.9. The molecule has 0 atom stereocenters. The minimum atomic E-state index is -2.85. The standard InChI is InChI=1S/C15H22N2O3S/c1-3-16-15(18)12-5-4-11(2)14(10-12)17-13-6-8-21(19,20)9-7-13/h4-5,10,13,17H,3,6-9H2,1-2H3,(H,16,18). The molecule has 1 amide bonds. The summed E-state index contributed by atoms with van der Waals surface area (Å²) in [5.41, 5.74) is 2.58. The normalized spacial score (nSPS) is 18.2. The molecule has 0 aromatic heterocycles. The zero-order chi connectivity index (χ0) is 15.5. The number of carbonyl (C=O) groups is 1. The number of anilines is 1. The quantitative estimate of drug-likeness (QED) is 0.888. The average Bonchev–Trinajstić information content (AvgIpc) is 2.43. The van der Waals surface area contributed by atoms with Crippen LogP contribution in [-0.4, -0.2) is 38.4 Å². The van der Waals surface area contributed by atoms with E-state index < -0.39 is 9.84 Å². The van der Waals surface area contributed by atoms with E-state index in [9.17, 15) is 13.2 Å². The van der Waals surface area contributed by atoms with Gasteiger partial charge in [-0.25, -0.2) is 8.42 Å². The van der Waals surface area contributed by atoms with Crippen LogP contribution in [0.15, 0.2) is 18.2 Å². The lowest BCUT2D eigenvalue weighted by molar-refractivity contribution is 0.0956. The van der Waals surface area contributed by atoms with Gasteiger partial charge in [0.2, 0.25) is 0 Å². The lowest BCUT2D eigenvalue weighted by Crippen LogP contribution is -2.32. The molecule has 1 aliphatic heterocycles. The van der Waals surface area contributed by atoms with Crippen molar-refractivity contribution in [1.82, 2.24) is 5.32 Å². The number of nitrogens with one attached hydrogen (secondary N) is 2. The largest absolute Gasteiger partial charge is 0.382 e. The Balaban J connectivity index is 2.09. The van der Waals surface area contributed by atoms with E-state index in [2.05, 4.69) is 10.6 Å². The Morgan fingerprint density at radius 2 is 1.95 bits per heavy atom. The molecule has 0 spiro atoms. The van der Waals surface area contributed by atoms with Gasteiger partial charge in [-0.05, 0) is 44.4 Å². The highest BCUT2D eigenvalue weighted by Crippen LogP contribution is 2.22. The first-order chi connectivity index (χ1) is 9.91. The summed E-state index contributed by atoms with van der Waals surface area (Å²) in [7, 11) is -2.85. The second kappa shape index (κ2) is 6.47. The van der Waals surface area contributed by atoms with E-state index in [1.807, 2.05) is 26.0 Å². The molecule has 2 N–H and O–H groups in total. The summed E-state index contributed by atoms with van der Waals surface area (Å²) in [5.74, 6) is 0.381. The summed E-state index contributed by atoms with van der Waals surface area (Å²) in [6, 6.07) is 5.70. The van der Waals surface area contributed by atoms with Crippen molar-refractivity contribution < 1.29 is 13.2 Å². The zero-order valence-electron chi connectivity index (χ0n) is 12.5. The van der Waals surface area contributed by atoms with E-state index in [0.29, 0.717) is 24.9 Å². The van der Waals surface area contributed by atoms with Crippen molar-refractivity contribution in [2.24, 2.45) is 0 Å². The van der Waals surface area contributed by atoms with Gasteiger partial charge < -0.3 is 10.6 Å². The molecule has 2 rings (SSSR count). The third-order valence-electron chi connectivity index (χ3n) is 3.75. The van der Waals surface area contributed by atoms with Crippen LogP contribution >= 0.6 is 0 Å². The van der Waals surface area contributed by atoms with Crippen LogP contribution < -0.4 is 10.6 Å². The van der Waals surface area contributed by atoms with Crippen molar-refractivity contribution in [3.05, 3.63) is 29.3 Å². The summed E-state index contributed by atoms with van der Waals surface area (Å²) in [5, 5.41) is 6.16. The Bertz CT molecular complexity index is 612. The number of carbonyl (C=O) groups excluding carboxylic acids is 1. The maximum Gasteiger partial charge on any atom is 0.251 e. The highest BCUT2D eigenvalue weighted by atomic mass is 32.2. The second-order valence-corrected chi connectivity index (χ2v) is 7.76. The van der Waals surface area contributed by atoms with Crippen molar-refractivity contribution >= 4 is 21.4 Å². The van der Waals surface area contributed by atoms with Gasteiger partial charge in [0.1, 0.15) is 9.84 Å². The summed E-state index contributed by atoms with van der Waals surface area (Å²) < 4.78 is 22.9. The number of aryl methyl sites for hydroxylation is 1. The van der Waals surface area contributed by atoms with Crippen LogP contribution in [0, 0.1) is 6.92 Å². The number of sulfone groups is 1. The van der Waals surface area contributed by atoms with E-state index in [4.69, 9.17) is 0 Å². The molecule has 0 saturated carbocycles. The summed E-state index contributed by atoms with van der Waals surface area (Å²) >= 11 is 0. The molecule has 1 heterocycles. The van der Waals surface area contributed by atoms with E-state index in [1.165, 1.54) is 0 Å². The molecule has 1 aliphatic rings. The van der Waals surface area contributed by atoms with Crippen molar-refractivity contribution in [2.45, 2.75) is 32.7 Å². The van der Waals surface area contributed by atoms with Crippen LogP contribution in [0.3, 0.4) is 0 Å². The fourth-order valence-corrected chi connectivity index (χ4v) is 3.93. The number of rotatable bonds is 4. The van der Waals surface area contributed by atoms with Gasteiger partial charge in [0.15, 0.2) is 0 Å². The monoisotopic (exact) mass is 310 g/mol. The van der Waals surface area contributed by atoms with Crippen molar-refractivity contribution in [3.63, 3.8) is 0 Å². The van der Waals surface area contributed by atoms with Crippen LogP contribution in [0.5, 0.6) is 0 Å². The predicted octanol–water partition coefficient (Wildman–Crippen LogP) is 1.73. The number of benzene rings is 1. The third-order valence-corrected chi connectivity index (χ3v) is 5.47. The summed E-state index contributed by atoms with van der Waals surface area (Å²) in [6.07, 6.45) is 1.24. The van der Waals surface area contributed by atoms with Gasteiger partial charge in [-0.3, -0.25) is 4.79 Å². The van der Waals surface area contributed by atoms with Crippen LogP contribution in [-0.2, 0) is 9.84 Å². The second-order valence-electron chi connectivity index (χ2n) is 5.46. The molecule has 1 fully saturated rings. The molecule has 0 radical (unpaired) electrons. The van der Waals surface area contributed by atoms with Crippen molar-refractivity contribution in [3.8, 4) is 0 Å². The highest BCUT2D eigenvalue weighted by molar-refractivity contribution is 7.91. The predicted molar refractivity (Wildman–Crippen MR) is 84.5 cm³/mol. The SMILES string of the molecule is CCNC(=O)c1ccc(C)c(NC2CCS(=O)(=O)CC2)c1. The molecule has 1 aromatic carbocycles. The molecule has 1 saturated heterocycles. The Morgan fingerprint density at radius 1 is 1.29 bits per heavy atom. The van der Waals surface area contributed by atoms with E-state index in [-0.39, 0.29) is 23.5 Å². The van der Waals surface area contributed by atoms with Gasteiger partial charge in [0.05, 0.1) is 11.5 Å². The first-order valence-electron chi connectivity index (χ1n) is 7.27. The molecule has 0 aliphatic carbocycles. The topological polar surface area (TPSA) is 75.3 Å². The number of hydrogen-bond donors (Lipinski definition) is 2. The summed E-state index contributed by atoms with van der Waals surface area (Å²) in [6.45, 7) is 4.45. The average molecular weight is 310 g/mol. The third kappa shape index (κ3) is 4.20. The smallest absolute Gasteiger partial charge is 0.251 e. The molecule has 0 unspecified atom stereocenters. The first kappa shape index (κ1) is 15.8. The van der Waals surface area contributed by atoms with Crippen molar-refractivity contribution in [2.75, 3.05) is 23.4 Å². The van der Waals surface area contributed by atoms with Gasteiger partial charge in [-0.15, -0.1) is 0 Å². The zero-order valence-corrected chi connectivity index (χ0v) is 13.3. The first-order valence-corrected chi connectivity index (χ1v) is 9.09. The van der Waals surface area contributed by atoms with E-state index >= 15 is 0 Å². The van der Waals surface area contributed by atoms with E-state index in [0.717, 1.165) is 11.3 Å². The van der Waals surface area contributed by atoms with Crippen molar-refractivity contribution in [1.29, 1.82) is 0 Å². The van der Waals surface area contributed by atoms with Gasteiger partial charge in [-0.1, -0.05) is 6.07 Å². The van der Waals surface area contributed by atoms with Crippen LogP contribution in [0.2, 0.25) is 0 Å². The molecule has 5 nitrogen and oxygen atoms in total. The molecular formula is C15H22N2O3S. The van der Waals surface area contributed by atoms with Gasteiger partial charge in [0, 0.05) is 23.8 Å². The minimum absolute atomic E-state index is 0.0910. The van der Waals surface area contributed by atoms with Gasteiger partial charge in [0.25, 0.3) is 5.91 Å². The van der Waals surface area contributed by atoms with Crippen LogP contribution in [0.4, 0.5) is 5.69 Å². The minimum Gasteiger partial charge on any atom is -0.382 e. The lowest BCUT2D eigenvalue weighted by Gasteiger charge is -2.25. The molecule has 21 heavy (non-hydrogen) atoms. The molecule has 116 valence electrons. The molecule has 1 aromatic rings.